The summed E-state index contributed by atoms with van der Waals surface area (Å²) >= 11 is 0. The lowest BCUT2D eigenvalue weighted by Crippen LogP contribution is -2.47. The molecule has 4 heterocycles. The first-order chi connectivity index (χ1) is 12.1. The molecule has 0 unspecified atom stereocenters. The van der Waals surface area contributed by atoms with Crippen molar-refractivity contribution in [2.75, 3.05) is 13.1 Å². The van der Waals surface area contributed by atoms with Crippen LogP contribution in [0.3, 0.4) is 0 Å². The highest BCUT2D eigenvalue weighted by Gasteiger charge is 2.39. The van der Waals surface area contributed by atoms with Crippen molar-refractivity contribution in [2.45, 2.75) is 64.6 Å². The molecule has 2 atom stereocenters. The molecule has 0 saturated carbocycles. The van der Waals surface area contributed by atoms with Gasteiger partial charge in [-0.15, -0.1) is 0 Å². The van der Waals surface area contributed by atoms with Crippen molar-refractivity contribution in [1.82, 2.24) is 19.2 Å². The van der Waals surface area contributed by atoms with Gasteiger partial charge in [-0.3, -0.25) is 9.69 Å². The average Bonchev–Trinajstić information content (AvgIpc) is 3.12. The predicted molar refractivity (Wildman–Crippen MR) is 98.4 cm³/mol. The number of hydrogen-bond acceptors (Lipinski definition) is 3. The van der Waals surface area contributed by atoms with Crippen molar-refractivity contribution in [3.63, 3.8) is 0 Å². The number of hydrogen-bond donors (Lipinski definition) is 0. The summed E-state index contributed by atoms with van der Waals surface area (Å²) in [7, 11) is 0. The summed E-state index contributed by atoms with van der Waals surface area (Å²) in [6.45, 7) is 6.78. The Morgan fingerprint density at radius 2 is 2.04 bits per heavy atom. The van der Waals surface area contributed by atoms with E-state index in [0.717, 1.165) is 43.8 Å². The molecule has 0 bridgehead atoms. The molecule has 0 aromatic carbocycles. The summed E-state index contributed by atoms with van der Waals surface area (Å²) in [5, 5.41) is 0. The smallest absolute Gasteiger partial charge is 0.219 e. The maximum absolute atomic E-state index is 12.0. The van der Waals surface area contributed by atoms with E-state index < -0.39 is 0 Å². The summed E-state index contributed by atoms with van der Waals surface area (Å²) in [5.41, 5.74) is 3.43. The van der Waals surface area contributed by atoms with E-state index in [1.807, 2.05) is 6.07 Å². The van der Waals surface area contributed by atoms with Gasteiger partial charge >= 0.3 is 0 Å². The van der Waals surface area contributed by atoms with Gasteiger partial charge < -0.3 is 9.30 Å². The van der Waals surface area contributed by atoms with Crippen LogP contribution < -0.4 is 0 Å². The van der Waals surface area contributed by atoms with Gasteiger partial charge in [0.05, 0.1) is 11.4 Å². The molecule has 0 radical (unpaired) electrons. The third-order valence-electron chi connectivity index (χ3n) is 6.01. The molecule has 1 amide bonds. The minimum atomic E-state index is 0.235. The molecule has 0 N–H and O–H groups in total. The fourth-order valence-electron chi connectivity index (χ4n) is 4.76. The first-order valence-corrected chi connectivity index (χ1v) is 9.59. The molecular weight excluding hydrogens is 312 g/mol. The Morgan fingerprint density at radius 1 is 1.16 bits per heavy atom. The quantitative estimate of drug-likeness (QED) is 0.844. The predicted octanol–water partition coefficient (Wildman–Crippen LogP) is 3.01. The number of likely N-dealkylation sites (tertiary alicyclic amines) is 2. The number of amides is 1. The van der Waals surface area contributed by atoms with E-state index in [1.165, 1.54) is 25.0 Å². The van der Waals surface area contributed by atoms with Gasteiger partial charge in [-0.25, -0.2) is 4.98 Å². The van der Waals surface area contributed by atoms with Crippen molar-refractivity contribution in [1.29, 1.82) is 0 Å². The van der Waals surface area contributed by atoms with Gasteiger partial charge in [-0.05, 0) is 44.9 Å². The van der Waals surface area contributed by atoms with Crippen LogP contribution in [-0.2, 0) is 11.3 Å². The zero-order valence-electron chi connectivity index (χ0n) is 15.3. The van der Waals surface area contributed by atoms with E-state index in [9.17, 15) is 4.79 Å². The lowest BCUT2D eigenvalue weighted by molar-refractivity contribution is -0.130. The zero-order chi connectivity index (χ0) is 17.4. The van der Waals surface area contributed by atoms with E-state index in [4.69, 9.17) is 4.98 Å². The van der Waals surface area contributed by atoms with Gasteiger partial charge in [0.15, 0.2) is 0 Å². The normalized spacial score (nSPS) is 25.0. The molecular formula is C20H28N4O. The SMILES string of the molecule is CC(=O)N1CC[C@H]2[C@H]1CCCCCN2Cc1c(C)nc2ccccn12. The number of fused-ring (bicyclic) bond motifs is 2. The summed E-state index contributed by atoms with van der Waals surface area (Å²) in [4.78, 5) is 21.5. The van der Waals surface area contributed by atoms with E-state index in [2.05, 4.69) is 39.5 Å². The molecule has 2 aromatic rings. The van der Waals surface area contributed by atoms with Crippen LogP contribution in [-0.4, -0.2) is 50.3 Å². The van der Waals surface area contributed by atoms with Crippen LogP contribution in [0.2, 0.25) is 0 Å². The van der Waals surface area contributed by atoms with Gasteiger partial charge in [0.2, 0.25) is 5.91 Å². The van der Waals surface area contributed by atoms with Crippen molar-refractivity contribution in [2.24, 2.45) is 0 Å². The average molecular weight is 340 g/mol. The Bertz CT molecular complexity index is 768. The zero-order valence-corrected chi connectivity index (χ0v) is 15.3. The van der Waals surface area contributed by atoms with Gasteiger partial charge in [-0.1, -0.05) is 18.9 Å². The second kappa shape index (κ2) is 6.79. The van der Waals surface area contributed by atoms with Gasteiger partial charge in [0.1, 0.15) is 5.65 Å². The van der Waals surface area contributed by atoms with Crippen LogP contribution >= 0.6 is 0 Å². The minimum Gasteiger partial charge on any atom is -0.338 e. The highest BCUT2D eigenvalue weighted by atomic mass is 16.2. The Morgan fingerprint density at radius 3 is 2.88 bits per heavy atom. The number of pyridine rings is 1. The third-order valence-corrected chi connectivity index (χ3v) is 6.01. The van der Waals surface area contributed by atoms with Crippen molar-refractivity contribution in [3.05, 3.63) is 35.8 Å². The molecule has 25 heavy (non-hydrogen) atoms. The maximum atomic E-state index is 12.0. The second-order valence-corrected chi connectivity index (χ2v) is 7.53. The molecule has 4 rings (SSSR count). The van der Waals surface area contributed by atoms with Crippen LogP contribution in [0.4, 0.5) is 0 Å². The van der Waals surface area contributed by atoms with Gasteiger partial charge in [0, 0.05) is 38.3 Å². The molecule has 2 aliphatic heterocycles. The number of aromatic nitrogens is 2. The summed E-state index contributed by atoms with van der Waals surface area (Å²) in [6.07, 6.45) is 8.11. The molecule has 5 nitrogen and oxygen atoms in total. The minimum absolute atomic E-state index is 0.235. The van der Waals surface area contributed by atoms with Crippen molar-refractivity contribution >= 4 is 11.6 Å². The van der Waals surface area contributed by atoms with Gasteiger partial charge in [0.25, 0.3) is 0 Å². The highest BCUT2D eigenvalue weighted by Crippen LogP contribution is 2.31. The van der Waals surface area contributed by atoms with Gasteiger partial charge in [-0.2, -0.15) is 0 Å². The third kappa shape index (κ3) is 3.06. The van der Waals surface area contributed by atoms with E-state index in [-0.39, 0.29) is 5.91 Å². The van der Waals surface area contributed by atoms with Crippen LogP contribution in [0.5, 0.6) is 0 Å². The summed E-state index contributed by atoms with van der Waals surface area (Å²) in [6, 6.07) is 7.05. The number of aryl methyl sites for hydroxylation is 1. The number of imidazole rings is 1. The number of rotatable bonds is 2. The summed E-state index contributed by atoms with van der Waals surface area (Å²) < 4.78 is 2.22. The molecule has 2 aromatic heterocycles. The monoisotopic (exact) mass is 340 g/mol. The van der Waals surface area contributed by atoms with E-state index >= 15 is 0 Å². The molecule has 2 aliphatic rings. The summed E-state index contributed by atoms with van der Waals surface area (Å²) in [5.74, 6) is 0.235. The fourth-order valence-corrected chi connectivity index (χ4v) is 4.76. The first kappa shape index (κ1) is 16.6. The van der Waals surface area contributed by atoms with Crippen LogP contribution in [0.25, 0.3) is 5.65 Å². The topological polar surface area (TPSA) is 40.9 Å². The Kier molecular flexibility index (Phi) is 4.50. The fraction of sp³-hybridized carbons (Fsp3) is 0.600. The number of carbonyl (C=O) groups excluding carboxylic acids is 1. The van der Waals surface area contributed by atoms with Crippen LogP contribution in [0, 0.1) is 6.92 Å². The highest BCUT2D eigenvalue weighted by molar-refractivity contribution is 5.74. The van der Waals surface area contributed by atoms with Crippen molar-refractivity contribution in [3.8, 4) is 0 Å². The van der Waals surface area contributed by atoms with E-state index in [1.54, 1.807) is 6.92 Å². The second-order valence-electron chi connectivity index (χ2n) is 7.53. The molecule has 2 saturated heterocycles. The molecule has 2 fully saturated rings. The molecule has 0 spiro atoms. The standard InChI is InChI=1S/C20H28N4O/c1-15-19(24-12-7-5-9-20(24)21-15)14-22-11-6-3-4-8-18-17(22)10-13-23(18)16(2)25/h5,7,9,12,17-18H,3-4,6,8,10-11,13-14H2,1-2H3/t17-,18+/m0/s1. The van der Waals surface area contributed by atoms with Crippen LogP contribution in [0.15, 0.2) is 24.4 Å². The van der Waals surface area contributed by atoms with Crippen LogP contribution in [0.1, 0.15) is 50.4 Å². The molecule has 134 valence electrons. The maximum Gasteiger partial charge on any atom is 0.219 e. The largest absolute Gasteiger partial charge is 0.338 e. The Hall–Kier alpha value is -1.88. The first-order valence-electron chi connectivity index (χ1n) is 9.59. The number of carbonyl (C=O) groups is 1. The number of nitrogens with zero attached hydrogens (tertiary/aromatic N) is 4. The van der Waals surface area contributed by atoms with E-state index in [0.29, 0.717) is 12.1 Å². The molecule has 5 heteroatoms. The lowest BCUT2D eigenvalue weighted by Gasteiger charge is -2.37. The lowest BCUT2D eigenvalue weighted by atomic mass is 9.97. The van der Waals surface area contributed by atoms with Crippen molar-refractivity contribution < 1.29 is 4.79 Å². The Labute approximate surface area is 149 Å². The Balaban J connectivity index is 1.63. The molecule has 0 aliphatic carbocycles.